The zero-order valence-corrected chi connectivity index (χ0v) is 12.9. The van der Waals surface area contributed by atoms with E-state index < -0.39 is 0 Å². The molecule has 0 aliphatic heterocycles. The fourth-order valence-electron chi connectivity index (χ4n) is 1.95. The molecule has 1 atom stereocenters. The van der Waals surface area contributed by atoms with E-state index in [2.05, 4.69) is 17.6 Å². The summed E-state index contributed by atoms with van der Waals surface area (Å²) < 4.78 is 5.50. The van der Waals surface area contributed by atoms with Gasteiger partial charge in [-0.3, -0.25) is 4.79 Å². The molecule has 1 rings (SSSR count). The van der Waals surface area contributed by atoms with Crippen LogP contribution < -0.4 is 10.6 Å². The lowest BCUT2D eigenvalue weighted by Crippen LogP contribution is -2.46. The van der Waals surface area contributed by atoms with Crippen molar-refractivity contribution >= 4 is 5.91 Å². The van der Waals surface area contributed by atoms with Gasteiger partial charge in [-0.25, -0.2) is 0 Å². The summed E-state index contributed by atoms with van der Waals surface area (Å²) in [7, 11) is 0. The first-order chi connectivity index (χ1) is 8.75. The number of aryl methyl sites for hydroxylation is 2. The van der Waals surface area contributed by atoms with Gasteiger partial charge in [0.25, 0.3) is 0 Å². The predicted octanol–water partition coefficient (Wildman–Crippen LogP) is 2.85. The van der Waals surface area contributed by atoms with E-state index in [0.717, 1.165) is 23.5 Å². The molecule has 0 radical (unpaired) electrons. The predicted molar refractivity (Wildman–Crippen MR) is 77.1 cm³/mol. The van der Waals surface area contributed by atoms with Gasteiger partial charge in [-0.1, -0.05) is 6.92 Å². The van der Waals surface area contributed by atoms with Crippen molar-refractivity contribution in [1.29, 1.82) is 0 Å². The minimum atomic E-state index is -0.149. The van der Waals surface area contributed by atoms with E-state index in [1.807, 2.05) is 40.7 Å². The summed E-state index contributed by atoms with van der Waals surface area (Å²) in [4.78, 5) is 11.8. The van der Waals surface area contributed by atoms with Crippen LogP contribution in [0.5, 0.6) is 0 Å². The van der Waals surface area contributed by atoms with Crippen LogP contribution in [0.1, 0.15) is 57.2 Å². The lowest BCUT2D eigenvalue weighted by molar-refractivity contribution is -0.122. The summed E-state index contributed by atoms with van der Waals surface area (Å²) >= 11 is 0. The molecule has 0 aliphatic carbocycles. The first-order valence-electron chi connectivity index (χ1n) is 6.86. The second-order valence-electron chi connectivity index (χ2n) is 5.76. The van der Waals surface area contributed by atoms with Gasteiger partial charge in [0.05, 0.1) is 6.54 Å². The van der Waals surface area contributed by atoms with Crippen molar-refractivity contribution in [1.82, 2.24) is 10.6 Å². The first kappa shape index (κ1) is 15.8. The highest BCUT2D eigenvalue weighted by atomic mass is 16.3. The molecule has 4 heteroatoms. The van der Waals surface area contributed by atoms with Gasteiger partial charge in [0.1, 0.15) is 11.5 Å². The van der Waals surface area contributed by atoms with Crippen LogP contribution in [-0.2, 0) is 4.79 Å². The molecule has 1 aromatic heterocycles. The third kappa shape index (κ3) is 4.71. The maximum atomic E-state index is 11.8. The average molecular weight is 266 g/mol. The lowest BCUT2D eigenvalue weighted by Gasteiger charge is -2.25. The summed E-state index contributed by atoms with van der Waals surface area (Å²) in [6, 6.07) is 2.12. The molecule has 0 fully saturated rings. The Hall–Kier alpha value is -1.29. The van der Waals surface area contributed by atoms with Crippen LogP contribution in [0.4, 0.5) is 0 Å². The minimum Gasteiger partial charge on any atom is -0.466 e. The van der Waals surface area contributed by atoms with Crippen molar-refractivity contribution in [2.24, 2.45) is 0 Å². The quantitative estimate of drug-likeness (QED) is 0.832. The number of nitrogens with one attached hydrogen (secondary N) is 2. The van der Waals surface area contributed by atoms with E-state index in [9.17, 15) is 4.79 Å². The largest absolute Gasteiger partial charge is 0.466 e. The highest BCUT2D eigenvalue weighted by Crippen LogP contribution is 2.20. The molecule has 1 amide bonds. The number of carbonyl (C=O) groups excluding carboxylic acids is 1. The molecule has 0 aromatic carbocycles. The molecule has 1 aromatic rings. The van der Waals surface area contributed by atoms with E-state index in [1.54, 1.807) is 0 Å². The minimum absolute atomic E-state index is 0.0246. The number of amides is 1. The average Bonchev–Trinajstić information content (AvgIpc) is 2.65. The van der Waals surface area contributed by atoms with Gasteiger partial charge in [0.15, 0.2) is 0 Å². The molecule has 0 saturated heterocycles. The number of furan rings is 1. The maximum absolute atomic E-state index is 11.8. The van der Waals surface area contributed by atoms with Gasteiger partial charge in [0, 0.05) is 17.1 Å². The normalized spacial score (nSPS) is 13.4. The van der Waals surface area contributed by atoms with Crippen LogP contribution in [0.3, 0.4) is 0 Å². The van der Waals surface area contributed by atoms with Crippen LogP contribution in [0, 0.1) is 13.8 Å². The van der Waals surface area contributed by atoms with Gasteiger partial charge in [-0.2, -0.15) is 0 Å². The fourth-order valence-corrected chi connectivity index (χ4v) is 1.95. The standard InChI is InChI=1S/C15H26N2O2/c1-7-15(5,6)17-14(18)9-16-11(3)13-8-10(2)19-12(13)4/h8,11,16H,7,9H2,1-6H3,(H,17,18). The van der Waals surface area contributed by atoms with E-state index in [0.29, 0.717) is 6.54 Å². The lowest BCUT2D eigenvalue weighted by atomic mass is 10.0. The van der Waals surface area contributed by atoms with Crippen molar-refractivity contribution in [3.63, 3.8) is 0 Å². The van der Waals surface area contributed by atoms with Crippen LogP contribution in [-0.4, -0.2) is 18.0 Å². The van der Waals surface area contributed by atoms with E-state index in [-0.39, 0.29) is 17.5 Å². The molecule has 1 unspecified atom stereocenters. The third-order valence-corrected chi connectivity index (χ3v) is 3.48. The van der Waals surface area contributed by atoms with Gasteiger partial charge in [-0.15, -0.1) is 0 Å². The summed E-state index contributed by atoms with van der Waals surface area (Å²) in [6.45, 7) is 12.3. The third-order valence-electron chi connectivity index (χ3n) is 3.48. The molecular weight excluding hydrogens is 240 g/mol. The smallest absolute Gasteiger partial charge is 0.234 e. The number of hydrogen-bond acceptors (Lipinski definition) is 3. The second kappa shape index (κ2) is 6.24. The molecule has 1 heterocycles. The Balaban J connectivity index is 2.49. The molecule has 19 heavy (non-hydrogen) atoms. The molecular formula is C15H26N2O2. The van der Waals surface area contributed by atoms with Crippen molar-refractivity contribution in [3.05, 3.63) is 23.2 Å². The Bertz CT molecular complexity index is 435. The Kier molecular flexibility index (Phi) is 5.18. The summed E-state index contributed by atoms with van der Waals surface area (Å²) in [5.74, 6) is 1.83. The number of carbonyl (C=O) groups is 1. The molecule has 0 saturated carbocycles. The van der Waals surface area contributed by atoms with Crippen molar-refractivity contribution in [3.8, 4) is 0 Å². The van der Waals surface area contributed by atoms with Crippen molar-refractivity contribution < 1.29 is 9.21 Å². The monoisotopic (exact) mass is 266 g/mol. The van der Waals surface area contributed by atoms with Crippen LogP contribution in [0.25, 0.3) is 0 Å². The molecule has 0 aliphatic rings. The fraction of sp³-hybridized carbons (Fsp3) is 0.667. The zero-order chi connectivity index (χ0) is 14.6. The van der Waals surface area contributed by atoms with E-state index in [4.69, 9.17) is 4.42 Å². The van der Waals surface area contributed by atoms with Gasteiger partial charge >= 0.3 is 0 Å². The second-order valence-corrected chi connectivity index (χ2v) is 5.76. The molecule has 0 spiro atoms. The Morgan fingerprint density at radius 1 is 1.42 bits per heavy atom. The number of hydrogen-bond donors (Lipinski definition) is 2. The molecule has 0 bridgehead atoms. The van der Waals surface area contributed by atoms with Crippen LogP contribution in [0.2, 0.25) is 0 Å². The van der Waals surface area contributed by atoms with Gasteiger partial charge < -0.3 is 15.1 Å². The molecule has 2 N–H and O–H groups in total. The number of rotatable bonds is 6. The van der Waals surface area contributed by atoms with Gasteiger partial charge in [0.2, 0.25) is 5.91 Å². The summed E-state index contributed by atoms with van der Waals surface area (Å²) in [5, 5.41) is 6.24. The Morgan fingerprint density at radius 2 is 2.05 bits per heavy atom. The highest BCUT2D eigenvalue weighted by molar-refractivity contribution is 5.78. The van der Waals surface area contributed by atoms with Crippen molar-refractivity contribution in [2.45, 2.75) is 59.5 Å². The Morgan fingerprint density at radius 3 is 2.53 bits per heavy atom. The SMILES string of the molecule is CCC(C)(C)NC(=O)CNC(C)c1cc(C)oc1C. The summed E-state index contributed by atoms with van der Waals surface area (Å²) in [5.41, 5.74) is 0.962. The maximum Gasteiger partial charge on any atom is 0.234 e. The van der Waals surface area contributed by atoms with Crippen LogP contribution in [0.15, 0.2) is 10.5 Å². The zero-order valence-electron chi connectivity index (χ0n) is 12.9. The first-order valence-corrected chi connectivity index (χ1v) is 6.86. The summed E-state index contributed by atoms with van der Waals surface area (Å²) in [6.07, 6.45) is 0.911. The van der Waals surface area contributed by atoms with Crippen LogP contribution >= 0.6 is 0 Å². The van der Waals surface area contributed by atoms with E-state index in [1.165, 1.54) is 0 Å². The molecule has 4 nitrogen and oxygen atoms in total. The van der Waals surface area contributed by atoms with Crippen molar-refractivity contribution in [2.75, 3.05) is 6.54 Å². The Labute approximate surface area is 116 Å². The van der Waals surface area contributed by atoms with Gasteiger partial charge in [-0.05, 0) is 47.1 Å². The topological polar surface area (TPSA) is 54.3 Å². The molecule has 108 valence electrons. The van der Waals surface area contributed by atoms with E-state index >= 15 is 0 Å². The highest BCUT2D eigenvalue weighted by Gasteiger charge is 2.18.